The van der Waals surface area contributed by atoms with E-state index in [9.17, 15) is 13.2 Å². The van der Waals surface area contributed by atoms with Crippen LogP contribution in [0.15, 0.2) is 87.2 Å². The maximum atomic E-state index is 12.5. The summed E-state index contributed by atoms with van der Waals surface area (Å²) >= 11 is 0. The molecule has 0 aliphatic heterocycles. The topological polar surface area (TPSA) is 67.6 Å². The minimum Gasteiger partial charge on any atom is -0.439 e. The molecular weight excluding hydrogens is 338 g/mol. The van der Waals surface area contributed by atoms with Gasteiger partial charge >= 0.3 is 0 Å². The lowest BCUT2D eigenvalue weighted by Crippen LogP contribution is -2.25. The second-order valence-electron chi connectivity index (χ2n) is 5.58. The SMILES string of the molecule is CN(Cc1ccccc1)C(=O)c1ccc(S(=O)(=O)c2ccccc2)o1. The fraction of sp³-hybridized carbons (Fsp3) is 0.105. The van der Waals surface area contributed by atoms with Crippen molar-refractivity contribution in [2.75, 3.05) is 7.05 Å². The van der Waals surface area contributed by atoms with Crippen LogP contribution in [-0.2, 0) is 16.4 Å². The fourth-order valence-corrected chi connectivity index (χ4v) is 3.61. The van der Waals surface area contributed by atoms with Crippen LogP contribution in [0, 0.1) is 0 Å². The van der Waals surface area contributed by atoms with E-state index < -0.39 is 9.84 Å². The summed E-state index contributed by atoms with van der Waals surface area (Å²) in [6.45, 7) is 0.404. The second kappa shape index (κ2) is 6.94. The van der Waals surface area contributed by atoms with Crippen LogP contribution in [-0.4, -0.2) is 26.3 Å². The summed E-state index contributed by atoms with van der Waals surface area (Å²) < 4.78 is 30.4. The average Bonchev–Trinajstić information content (AvgIpc) is 3.13. The predicted octanol–water partition coefficient (Wildman–Crippen LogP) is 3.38. The molecule has 0 fully saturated rings. The van der Waals surface area contributed by atoms with Crippen molar-refractivity contribution in [2.24, 2.45) is 0 Å². The van der Waals surface area contributed by atoms with Gasteiger partial charge in [-0.25, -0.2) is 8.42 Å². The molecule has 1 amide bonds. The zero-order valence-corrected chi connectivity index (χ0v) is 14.4. The highest BCUT2D eigenvalue weighted by atomic mass is 32.2. The molecule has 3 rings (SSSR count). The Morgan fingerprint density at radius 1 is 0.920 bits per heavy atom. The summed E-state index contributed by atoms with van der Waals surface area (Å²) in [6, 6.07) is 20.2. The summed E-state index contributed by atoms with van der Waals surface area (Å²) in [7, 11) is -2.13. The van der Waals surface area contributed by atoms with Crippen molar-refractivity contribution in [3.8, 4) is 0 Å². The van der Waals surface area contributed by atoms with Crippen molar-refractivity contribution in [2.45, 2.75) is 16.5 Å². The number of rotatable bonds is 5. The lowest BCUT2D eigenvalue weighted by molar-refractivity contribution is 0.0747. The molecule has 0 aliphatic rings. The van der Waals surface area contributed by atoms with E-state index >= 15 is 0 Å². The Bertz CT molecular complexity index is 963. The number of benzene rings is 2. The zero-order valence-electron chi connectivity index (χ0n) is 13.6. The monoisotopic (exact) mass is 355 g/mol. The molecule has 0 saturated heterocycles. The van der Waals surface area contributed by atoms with Crippen molar-refractivity contribution in [1.82, 2.24) is 4.90 Å². The van der Waals surface area contributed by atoms with Gasteiger partial charge in [-0.1, -0.05) is 48.5 Å². The van der Waals surface area contributed by atoms with Gasteiger partial charge in [-0.05, 0) is 29.8 Å². The molecule has 5 nitrogen and oxygen atoms in total. The molecule has 3 aromatic rings. The molecule has 2 aromatic carbocycles. The van der Waals surface area contributed by atoms with Gasteiger partial charge in [-0.15, -0.1) is 0 Å². The number of carbonyl (C=O) groups is 1. The first-order valence-corrected chi connectivity index (χ1v) is 9.16. The Balaban J connectivity index is 1.80. The van der Waals surface area contributed by atoms with Crippen molar-refractivity contribution < 1.29 is 17.6 Å². The molecule has 6 heteroatoms. The van der Waals surface area contributed by atoms with E-state index in [1.54, 1.807) is 25.2 Å². The highest BCUT2D eigenvalue weighted by Gasteiger charge is 2.24. The van der Waals surface area contributed by atoms with Crippen molar-refractivity contribution in [3.63, 3.8) is 0 Å². The van der Waals surface area contributed by atoms with Crippen molar-refractivity contribution in [3.05, 3.63) is 84.1 Å². The minimum absolute atomic E-state index is 0.00654. The Kier molecular flexibility index (Phi) is 4.72. The highest BCUT2D eigenvalue weighted by molar-refractivity contribution is 7.91. The van der Waals surface area contributed by atoms with E-state index in [2.05, 4.69) is 0 Å². The van der Waals surface area contributed by atoms with Gasteiger partial charge in [0.15, 0.2) is 5.76 Å². The van der Waals surface area contributed by atoms with Crippen LogP contribution in [0.25, 0.3) is 0 Å². The predicted molar refractivity (Wildman–Crippen MR) is 92.8 cm³/mol. The third-order valence-corrected chi connectivity index (χ3v) is 5.36. The molecule has 128 valence electrons. The van der Waals surface area contributed by atoms with Gasteiger partial charge in [-0.2, -0.15) is 0 Å². The number of nitrogens with zero attached hydrogens (tertiary/aromatic N) is 1. The van der Waals surface area contributed by atoms with E-state index in [0.29, 0.717) is 6.54 Å². The molecule has 0 spiro atoms. The van der Waals surface area contributed by atoms with Gasteiger partial charge in [0, 0.05) is 13.6 Å². The van der Waals surface area contributed by atoms with E-state index in [-0.39, 0.29) is 21.7 Å². The first-order chi connectivity index (χ1) is 12.0. The normalized spacial score (nSPS) is 11.2. The van der Waals surface area contributed by atoms with Crippen molar-refractivity contribution in [1.29, 1.82) is 0 Å². The highest BCUT2D eigenvalue weighted by Crippen LogP contribution is 2.23. The lowest BCUT2D eigenvalue weighted by atomic mass is 10.2. The quantitative estimate of drug-likeness (QED) is 0.704. The molecule has 0 atom stereocenters. The van der Waals surface area contributed by atoms with Gasteiger partial charge < -0.3 is 9.32 Å². The molecule has 1 heterocycles. The Labute approximate surface area is 146 Å². The van der Waals surface area contributed by atoms with Crippen LogP contribution < -0.4 is 0 Å². The van der Waals surface area contributed by atoms with E-state index in [0.717, 1.165) is 5.56 Å². The Hall–Kier alpha value is -2.86. The fourth-order valence-electron chi connectivity index (χ4n) is 2.41. The summed E-state index contributed by atoms with van der Waals surface area (Å²) in [4.78, 5) is 14.1. The van der Waals surface area contributed by atoms with Gasteiger partial charge in [-0.3, -0.25) is 4.79 Å². The van der Waals surface area contributed by atoms with E-state index in [1.165, 1.54) is 29.2 Å². The summed E-state index contributed by atoms with van der Waals surface area (Å²) in [5.74, 6) is -0.383. The maximum Gasteiger partial charge on any atom is 0.289 e. The second-order valence-corrected chi connectivity index (χ2v) is 7.46. The average molecular weight is 355 g/mol. The number of carbonyl (C=O) groups excluding carboxylic acids is 1. The molecule has 0 saturated carbocycles. The Morgan fingerprint density at radius 3 is 2.16 bits per heavy atom. The van der Waals surface area contributed by atoms with E-state index in [4.69, 9.17) is 4.42 Å². The number of hydrogen-bond donors (Lipinski definition) is 0. The molecule has 0 bridgehead atoms. The first-order valence-electron chi connectivity index (χ1n) is 7.68. The van der Waals surface area contributed by atoms with Crippen LogP contribution in [0.5, 0.6) is 0 Å². The van der Waals surface area contributed by atoms with Crippen LogP contribution in [0.3, 0.4) is 0 Å². The standard InChI is InChI=1S/C19H17NO4S/c1-20(14-15-8-4-2-5-9-15)19(21)17-12-13-18(24-17)25(22,23)16-10-6-3-7-11-16/h2-13H,14H2,1H3. The minimum atomic E-state index is -3.77. The van der Waals surface area contributed by atoms with Crippen LogP contribution in [0.1, 0.15) is 16.1 Å². The van der Waals surface area contributed by atoms with Gasteiger partial charge in [0.1, 0.15) is 0 Å². The van der Waals surface area contributed by atoms with Crippen LogP contribution in [0.4, 0.5) is 0 Å². The van der Waals surface area contributed by atoms with Gasteiger partial charge in [0.25, 0.3) is 5.91 Å². The molecule has 1 aromatic heterocycles. The largest absolute Gasteiger partial charge is 0.439 e. The summed E-state index contributed by atoms with van der Waals surface area (Å²) in [5.41, 5.74) is 0.974. The number of amides is 1. The third-order valence-electron chi connectivity index (χ3n) is 3.72. The molecule has 0 aliphatic carbocycles. The first kappa shape index (κ1) is 17.0. The molecular formula is C19H17NO4S. The van der Waals surface area contributed by atoms with Crippen LogP contribution in [0.2, 0.25) is 0 Å². The molecule has 0 N–H and O–H groups in total. The molecule has 25 heavy (non-hydrogen) atoms. The van der Waals surface area contributed by atoms with Crippen LogP contribution >= 0.6 is 0 Å². The maximum absolute atomic E-state index is 12.5. The number of hydrogen-bond acceptors (Lipinski definition) is 4. The number of furan rings is 1. The zero-order chi connectivity index (χ0) is 17.9. The summed E-state index contributed by atoms with van der Waals surface area (Å²) in [5, 5.41) is -0.241. The van der Waals surface area contributed by atoms with Gasteiger partial charge in [0.05, 0.1) is 4.90 Å². The summed E-state index contributed by atoms with van der Waals surface area (Å²) in [6.07, 6.45) is 0. The Morgan fingerprint density at radius 2 is 1.52 bits per heavy atom. The number of sulfone groups is 1. The molecule has 0 unspecified atom stereocenters. The third kappa shape index (κ3) is 3.64. The van der Waals surface area contributed by atoms with Crippen molar-refractivity contribution >= 4 is 15.7 Å². The van der Waals surface area contributed by atoms with E-state index in [1.807, 2.05) is 30.3 Å². The smallest absolute Gasteiger partial charge is 0.289 e. The van der Waals surface area contributed by atoms with Gasteiger partial charge in [0.2, 0.25) is 14.9 Å². The lowest BCUT2D eigenvalue weighted by Gasteiger charge is -2.15. The molecule has 0 radical (unpaired) electrons.